The number of guanidine groups is 1. The zero-order chi connectivity index (χ0) is 27.7. The molecular weight excluding hydrogens is 518 g/mol. The Balaban J connectivity index is 1.36. The lowest BCUT2D eigenvalue weighted by molar-refractivity contribution is -0.138. The number of carboxylic acid groups (broad SMARTS) is 1. The van der Waals surface area contributed by atoms with Crippen LogP contribution in [-0.2, 0) is 15.8 Å². The van der Waals surface area contributed by atoms with Crippen LogP contribution in [0.2, 0.25) is 0 Å². The zero-order valence-corrected chi connectivity index (χ0v) is 23.0. The van der Waals surface area contributed by atoms with Gasteiger partial charge in [0, 0.05) is 50.5 Å². The molecule has 1 aromatic heterocycles. The lowest BCUT2D eigenvalue weighted by atomic mass is 9.83. The van der Waals surface area contributed by atoms with Gasteiger partial charge in [-0.05, 0) is 56.1 Å². The number of hydrogen-bond acceptors (Lipinski definition) is 5. The number of aromatic amines is 1. The molecule has 0 radical (unpaired) electrons. The standard InChI is InChI=1S/C27H37N7O4S/c1-39(38)33-11-7-17(8-12-33)21-14-23(34(16-21)25(35)18-5-9-32(10-6-18)27(28)29)24-30-15-22(31-24)19-3-2-4-20(13-19)26(36)37/h2-4,13,15,17-18,21,23H,5-12,14,16H2,1H3,(H3,28,29)(H,30,31)(H,36,37). The van der Waals surface area contributed by atoms with Crippen LogP contribution in [0.15, 0.2) is 30.5 Å². The molecule has 3 fully saturated rings. The fraction of sp³-hybridized carbons (Fsp3) is 0.556. The molecule has 3 aliphatic heterocycles. The molecule has 0 saturated carbocycles. The molecule has 5 rings (SSSR count). The van der Waals surface area contributed by atoms with Crippen LogP contribution in [0.25, 0.3) is 11.3 Å². The second-order valence-electron chi connectivity index (χ2n) is 10.9. The Labute approximate surface area is 230 Å². The van der Waals surface area contributed by atoms with Crippen molar-refractivity contribution < 1.29 is 18.9 Å². The Morgan fingerprint density at radius 2 is 1.85 bits per heavy atom. The number of piperidine rings is 2. The Morgan fingerprint density at radius 1 is 1.13 bits per heavy atom. The predicted octanol–water partition coefficient (Wildman–Crippen LogP) is 2.28. The Hall–Kier alpha value is -3.25. The van der Waals surface area contributed by atoms with E-state index in [1.807, 2.05) is 20.2 Å². The van der Waals surface area contributed by atoms with Gasteiger partial charge in [0.1, 0.15) is 5.82 Å². The summed E-state index contributed by atoms with van der Waals surface area (Å²) >= 11 is 0. The third-order valence-corrected chi connectivity index (χ3v) is 9.75. The second kappa shape index (κ2) is 11.5. The van der Waals surface area contributed by atoms with Crippen molar-refractivity contribution in [1.82, 2.24) is 24.1 Å². The van der Waals surface area contributed by atoms with E-state index in [-0.39, 0.29) is 29.4 Å². The van der Waals surface area contributed by atoms with E-state index in [2.05, 4.69) is 9.97 Å². The number of carbonyl (C=O) groups is 2. The topological polar surface area (TPSA) is 160 Å². The van der Waals surface area contributed by atoms with Crippen molar-refractivity contribution in [2.75, 3.05) is 39.0 Å². The minimum atomic E-state index is -0.985. The summed E-state index contributed by atoms with van der Waals surface area (Å²) in [5.41, 5.74) is 7.32. The van der Waals surface area contributed by atoms with Gasteiger partial charge in [-0.15, -0.1) is 0 Å². The molecule has 0 aliphatic carbocycles. The van der Waals surface area contributed by atoms with Crippen LogP contribution in [-0.4, -0.2) is 90.2 Å². The van der Waals surface area contributed by atoms with E-state index in [9.17, 15) is 18.9 Å². The molecule has 3 atom stereocenters. The van der Waals surface area contributed by atoms with Gasteiger partial charge < -0.3 is 25.6 Å². The van der Waals surface area contributed by atoms with Gasteiger partial charge in [0.25, 0.3) is 0 Å². The van der Waals surface area contributed by atoms with Gasteiger partial charge in [-0.1, -0.05) is 12.1 Å². The van der Waals surface area contributed by atoms with Crippen LogP contribution < -0.4 is 5.73 Å². The summed E-state index contributed by atoms with van der Waals surface area (Å²) in [6, 6.07) is 6.54. The first-order valence-electron chi connectivity index (χ1n) is 13.6. The van der Waals surface area contributed by atoms with Crippen LogP contribution in [0.1, 0.15) is 54.3 Å². The molecule has 12 heteroatoms. The quantitative estimate of drug-likeness (QED) is 0.314. The number of likely N-dealkylation sites (tertiary alicyclic amines) is 2. The minimum Gasteiger partial charge on any atom is -0.478 e. The highest BCUT2D eigenvalue weighted by molar-refractivity contribution is 7.81. The lowest BCUT2D eigenvalue weighted by Gasteiger charge is -2.35. The van der Waals surface area contributed by atoms with E-state index >= 15 is 0 Å². The van der Waals surface area contributed by atoms with Crippen molar-refractivity contribution >= 4 is 28.8 Å². The summed E-state index contributed by atoms with van der Waals surface area (Å²) in [5.74, 6) is 0.570. The second-order valence-corrected chi connectivity index (χ2v) is 12.3. The van der Waals surface area contributed by atoms with E-state index in [0.717, 1.165) is 49.4 Å². The van der Waals surface area contributed by atoms with Gasteiger partial charge in [0.2, 0.25) is 5.91 Å². The fourth-order valence-electron chi connectivity index (χ4n) is 6.39. The first-order valence-corrected chi connectivity index (χ1v) is 15.1. The largest absolute Gasteiger partial charge is 0.478 e. The summed E-state index contributed by atoms with van der Waals surface area (Å²) < 4.78 is 14.0. The lowest BCUT2D eigenvalue weighted by Crippen LogP contribution is -2.46. The van der Waals surface area contributed by atoms with Gasteiger partial charge in [0.15, 0.2) is 5.96 Å². The normalized spacial score (nSPS) is 24.1. The first-order chi connectivity index (χ1) is 18.7. The highest BCUT2D eigenvalue weighted by Crippen LogP contribution is 2.42. The molecule has 2 aromatic rings. The number of carbonyl (C=O) groups excluding carboxylic acids is 1. The summed E-state index contributed by atoms with van der Waals surface area (Å²) in [4.78, 5) is 37.2. The summed E-state index contributed by atoms with van der Waals surface area (Å²) in [6.45, 7) is 3.48. The highest BCUT2D eigenvalue weighted by Gasteiger charge is 2.43. The maximum absolute atomic E-state index is 13.9. The molecule has 1 aromatic carbocycles. The number of hydrogen-bond donors (Lipinski definition) is 4. The van der Waals surface area contributed by atoms with Crippen LogP contribution in [0.5, 0.6) is 0 Å². The predicted molar refractivity (Wildman–Crippen MR) is 148 cm³/mol. The van der Waals surface area contributed by atoms with E-state index in [4.69, 9.17) is 11.1 Å². The molecule has 3 unspecified atom stereocenters. The number of benzene rings is 1. The van der Waals surface area contributed by atoms with Gasteiger partial charge in [-0.3, -0.25) is 10.2 Å². The highest BCUT2D eigenvalue weighted by atomic mass is 32.2. The Bertz CT molecular complexity index is 1250. The van der Waals surface area contributed by atoms with Crippen LogP contribution >= 0.6 is 0 Å². The van der Waals surface area contributed by atoms with Gasteiger partial charge >= 0.3 is 5.97 Å². The molecule has 3 saturated heterocycles. The summed E-state index contributed by atoms with van der Waals surface area (Å²) in [5, 5.41) is 17.1. The van der Waals surface area contributed by atoms with Gasteiger partial charge in [0.05, 0.1) is 34.5 Å². The number of nitrogens with one attached hydrogen (secondary N) is 2. The average molecular weight is 556 g/mol. The van der Waals surface area contributed by atoms with Crippen molar-refractivity contribution in [3.63, 3.8) is 0 Å². The molecule has 11 nitrogen and oxygen atoms in total. The molecule has 210 valence electrons. The maximum atomic E-state index is 13.9. The smallest absolute Gasteiger partial charge is 0.335 e. The monoisotopic (exact) mass is 555 g/mol. The molecule has 5 N–H and O–H groups in total. The molecule has 0 spiro atoms. The van der Waals surface area contributed by atoms with Crippen molar-refractivity contribution in [2.45, 2.75) is 38.1 Å². The van der Waals surface area contributed by atoms with Crippen molar-refractivity contribution in [3.8, 4) is 11.3 Å². The Morgan fingerprint density at radius 3 is 2.49 bits per heavy atom. The third kappa shape index (κ3) is 5.86. The molecule has 1 amide bonds. The van der Waals surface area contributed by atoms with Gasteiger partial charge in [-0.2, -0.15) is 0 Å². The number of H-pyrrole nitrogens is 1. The number of imidazole rings is 1. The number of nitrogens with two attached hydrogens (primary N) is 1. The number of nitrogens with zero attached hydrogens (tertiary/aromatic N) is 4. The molecular formula is C27H37N7O4S. The number of rotatable bonds is 6. The number of aromatic carboxylic acids is 1. The number of aromatic nitrogens is 2. The number of amides is 1. The molecule has 39 heavy (non-hydrogen) atoms. The van der Waals surface area contributed by atoms with E-state index in [0.29, 0.717) is 44.3 Å². The third-order valence-electron chi connectivity index (χ3n) is 8.66. The van der Waals surface area contributed by atoms with Crippen LogP contribution in [0, 0.1) is 23.2 Å². The summed E-state index contributed by atoms with van der Waals surface area (Å²) in [6.07, 6.45) is 7.50. The van der Waals surface area contributed by atoms with E-state index < -0.39 is 17.0 Å². The average Bonchev–Trinajstić information content (AvgIpc) is 3.61. The maximum Gasteiger partial charge on any atom is 0.335 e. The van der Waals surface area contributed by atoms with Gasteiger partial charge in [-0.25, -0.2) is 18.3 Å². The van der Waals surface area contributed by atoms with Crippen molar-refractivity contribution in [3.05, 3.63) is 41.9 Å². The molecule has 3 aliphatic rings. The SMILES string of the molecule is CS(=O)N1CCC(C2CC(c3ncc(-c4cccc(C(=O)O)c4)[nH]3)N(C(=O)C3CCN(C(=N)N)CC3)C2)CC1. The van der Waals surface area contributed by atoms with Crippen LogP contribution in [0.4, 0.5) is 0 Å². The fourth-order valence-corrected chi connectivity index (χ4v) is 7.12. The van der Waals surface area contributed by atoms with E-state index in [1.54, 1.807) is 30.7 Å². The molecule has 4 heterocycles. The Kier molecular flexibility index (Phi) is 8.03. The van der Waals surface area contributed by atoms with E-state index in [1.165, 1.54) is 0 Å². The first kappa shape index (κ1) is 27.3. The van der Waals surface area contributed by atoms with Crippen molar-refractivity contribution in [1.29, 1.82) is 5.41 Å². The number of carboxylic acids is 1. The van der Waals surface area contributed by atoms with Crippen molar-refractivity contribution in [2.24, 2.45) is 23.5 Å². The molecule has 0 bridgehead atoms. The summed E-state index contributed by atoms with van der Waals surface area (Å²) in [7, 11) is -0.960. The van der Waals surface area contributed by atoms with Crippen LogP contribution in [0.3, 0.4) is 0 Å². The zero-order valence-electron chi connectivity index (χ0n) is 22.2. The minimum absolute atomic E-state index is 0.0504.